The van der Waals surface area contributed by atoms with Crippen LogP contribution in [0.1, 0.15) is 54.9 Å². The highest BCUT2D eigenvalue weighted by Gasteiger charge is 2.33. The number of aryl methyl sites for hydroxylation is 4. The fourth-order valence-corrected chi connectivity index (χ4v) is 11.0. The van der Waals surface area contributed by atoms with Crippen molar-refractivity contribution in [3.8, 4) is 23.0 Å². The molecule has 0 radical (unpaired) electrons. The van der Waals surface area contributed by atoms with E-state index in [0.29, 0.717) is 0 Å². The van der Waals surface area contributed by atoms with E-state index < -0.39 is 119 Å². The first-order valence-electron chi connectivity index (χ1n) is 19.5. The summed E-state index contributed by atoms with van der Waals surface area (Å²) in [5.41, 5.74) is -1.53. The molecule has 28 heteroatoms. The second-order valence-corrected chi connectivity index (χ2v) is 21.8. The van der Waals surface area contributed by atoms with Gasteiger partial charge in [0.25, 0.3) is 40.1 Å². The summed E-state index contributed by atoms with van der Waals surface area (Å²) in [4.78, 5) is 50.9. The highest BCUT2D eigenvalue weighted by Crippen LogP contribution is 2.24. The standard InChI is InChI=1S/C39H48N8O16S4/c1-22-9-13-26(48)18-30(22)64(56,57)44-35(52)40-34(41-36(53)45-65(58,59)31-19-27(49)14-10-23(31)2)8-6-7-17-39(5,42-37(54)46-66(60,61)32-20-28(50)15-11-24(32)3)43-38(55)47-67(62,63)33-21-29(51)16-12-25(33)4/h9-16,18-21,34,48-51H,6-8,17H2,1-5H3,(H2,40,44,52)(H2,41,45,53)(H2,42,46,54)(H2,43,47,55). The quantitative estimate of drug-likeness (QED) is 0.0534. The highest BCUT2D eigenvalue weighted by molar-refractivity contribution is 7.91. The normalized spacial score (nSPS) is 12.1. The molecule has 67 heavy (non-hydrogen) atoms. The Balaban J connectivity index is 1.58. The van der Waals surface area contributed by atoms with Crippen molar-refractivity contribution in [2.75, 3.05) is 0 Å². The maximum Gasteiger partial charge on any atom is 0.330 e. The number of rotatable bonds is 17. The fourth-order valence-electron chi connectivity index (χ4n) is 6.31. The Morgan fingerprint density at radius 3 is 1.01 bits per heavy atom. The van der Waals surface area contributed by atoms with E-state index >= 15 is 0 Å². The van der Waals surface area contributed by atoms with Crippen molar-refractivity contribution in [2.24, 2.45) is 0 Å². The molecule has 364 valence electrons. The van der Waals surface area contributed by atoms with Crippen LogP contribution in [0.2, 0.25) is 0 Å². The van der Waals surface area contributed by atoms with E-state index in [0.717, 1.165) is 31.2 Å². The number of hydrogen-bond acceptors (Lipinski definition) is 16. The van der Waals surface area contributed by atoms with E-state index in [9.17, 15) is 73.3 Å². The lowest BCUT2D eigenvalue weighted by atomic mass is 10.0. The molecule has 4 aromatic carbocycles. The first-order valence-corrected chi connectivity index (χ1v) is 25.4. The van der Waals surface area contributed by atoms with Crippen LogP contribution < -0.4 is 40.2 Å². The van der Waals surface area contributed by atoms with Crippen LogP contribution in [0.5, 0.6) is 23.0 Å². The average molecular weight is 1010 g/mol. The zero-order chi connectivity index (χ0) is 50.3. The van der Waals surface area contributed by atoms with E-state index in [1.807, 2.05) is 0 Å². The molecule has 0 spiro atoms. The van der Waals surface area contributed by atoms with Crippen LogP contribution in [0.3, 0.4) is 0 Å². The number of urea groups is 4. The molecule has 4 rings (SSSR count). The van der Waals surface area contributed by atoms with E-state index in [4.69, 9.17) is 0 Å². The molecule has 0 heterocycles. The summed E-state index contributed by atoms with van der Waals surface area (Å²) in [6.45, 7) is 6.67. The summed E-state index contributed by atoms with van der Waals surface area (Å²) in [5, 5.41) is 48.4. The van der Waals surface area contributed by atoms with Crippen LogP contribution in [0.15, 0.2) is 92.4 Å². The molecule has 12 N–H and O–H groups in total. The summed E-state index contributed by atoms with van der Waals surface area (Å²) in [6, 6.07) is 7.58. The Labute approximate surface area is 385 Å². The van der Waals surface area contributed by atoms with Crippen LogP contribution in [-0.2, 0) is 40.1 Å². The molecule has 0 fully saturated rings. The molecule has 0 unspecified atom stereocenters. The van der Waals surface area contributed by atoms with Gasteiger partial charge in [-0.15, -0.1) is 0 Å². The monoisotopic (exact) mass is 1010 g/mol. The van der Waals surface area contributed by atoms with Crippen LogP contribution in [0, 0.1) is 27.7 Å². The van der Waals surface area contributed by atoms with E-state index in [1.165, 1.54) is 76.2 Å². The van der Waals surface area contributed by atoms with E-state index in [1.54, 1.807) is 18.9 Å². The minimum Gasteiger partial charge on any atom is -0.508 e. The minimum atomic E-state index is -4.69. The van der Waals surface area contributed by atoms with Gasteiger partial charge in [-0.1, -0.05) is 24.3 Å². The van der Waals surface area contributed by atoms with E-state index in [2.05, 4.69) is 21.3 Å². The molecule has 0 aromatic heterocycles. The molecule has 0 aliphatic heterocycles. The van der Waals surface area contributed by atoms with Gasteiger partial charge in [0.15, 0.2) is 0 Å². The number of sulfonamides is 4. The van der Waals surface area contributed by atoms with Gasteiger partial charge in [0, 0.05) is 24.3 Å². The SMILES string of the molecule is Cc1ccc(O)cc1S(=O)(=O)NC(=O)NC(CCCCC(C)(NC(=O)NS(=O)(=O)c1cc(O)ccc1C)NC(=O)NS(=O)(=O)c1cc(O)ccc1C)NC(=O)NS(=O)(=O)c1cc(O)ccc1C. The number of hydrogen-bond donors (Lipinski definition) is 12. The second kappa shape index (κ2) is 20.6. The number of unbranched alkanes of at least 4 members (excludes halogenated alkanes) is 1. The Bertz CT molecular complexity index is 2850. The molecule has 0 aliphatic carbocycles. The predicted molar refractivity (Wildman–Crippen MR) is 237 cm³/mol. The van der Waals surface area contributed by atoms with Crippen molar-refractivity contribution in [1.29, 1.82) is 0 Å². The maximum absolute atomic E-state index is 13.3. The van der Waals surface area contributed by atoms with Crippen LogP contribution >= 0.6 is 0 Å². The van der Waals surface area contributed by atoms with Gasteiger partial charge in [-0.05, 0) is 107 Å². The Morgan fingerprint density at radius 1 is 0.463 bits per heavy atom. The van der Waals surface area contributed by atoms with Gasteiger partial charge in [0.1, 0.15) is 34.8 Å². The zero-order valence-corrected chi connectivity index (χ0v) is 39.4. The van der Waals surface area contributed by atoms with Gasteiger partial charge in [-0.3, -0.25) is 0 Å². The largest absolute Gasteiger partial charge is 0.508 e. The van der Waals surface area contributed by atoms with Gasteiger partial charge in [0.2, 0.25) is 0 Å². The lowest BCUT2D eigenvalue weighted by molar-refractivity contribution is 0.204. The third kappa shape index (κ3) is 14.5. The lowest BCUT2D eigenvalue weighted by Crippen LogP contribution is -2.63. The summed E-state index contributed by atoms with van der Waals surface area (Å²) in [7, 11) is -18.7. The second-order valence-electron chi connectivity index (χ2n) is 15.2. The van der Waals surface area contributed by atoms with Crippen LogP contribution in [0.25, 0.3) is 0 Å². The molecule has 0 bridgehead atoms. The molecule has 0 atom stereocenters. The van der Waals surface area contributed by atoms with Gasteiger partial charge in [0.05, 0.1) is 19.6 Å². The highest BCUT2D eigenvalue weighted by atomic mass is 32.2. The van der Waals surface area contributed by atoms with Crippen molar-refractivity contribution in [1.82, 2.24) is 40.2 Å². The molecule has 0 saturated carbocycles. The maximum atomic E-state index is 13.3. The average Bonchev–Trinajstić information content (AvgIpc) is 3.18. The zero-order valence-electron chi connectivity index (χ0n) is 36.2. The molecule has 0 saturated heterocycles. The van der Waals surface area contributed by atoms with Crippen LogP contribution in [0.4, 0.5) is 19.2 Å². The third-order valence-corrected chi connectivity index (χ3v) is 15.5. The number of phenolic OH excluding ortho intramolecular Hbond substituents is 4. The summed E-state index contributed by atoms with van der Waals surface area (Å²) >= 11 is 0. The summed E-state index contributed by atoms with van der Waals surface area (Å²) in [6.07, 6.45) is -2.65. The molecular formula is C39H48N8O16S4. The molecule has 4 aromatic rings. The number of amides is 8. The third-order valence-electron chi connectivity index (χ3n) is 9.56. The Hall–Kier alpha value is -7.04. The van der Waals surface area contributed by atoms with Crippen molar-refractivity contribution < 1.29 is 73.3 Å². The number of carbonyl (C=O) groups excluding carboxylic acids is 4. The molecule has 0 aliphatic rings. The van der Waals surface area contributed by atoms with E-state index in [-0.39, 0.29) is 47.9 Å². The Morgan fingerprint density at radius 2 is 0.731 bits per heavy atom. The lowest BCUT2D eigenvalue weighted by Gasteiger charge is -2.32. The number of carbonyl (C=O) groups is 4. The van der Waals surface area contributed by atoms with Crippen molar-refractivity contribution >= 4 is 64.2 Å². The number of aromatic hydroxyl groups is 4. The van der Waals surface area contributed by atoms with Crippen molar-refractivity contribution in [3.63, 3.8) is 0 Å². The van der Waals surface area contributed by atoms with Gasteiger partial charge in [-0.2, -0.15) is 0 Å². The first kappa shape index (κ1) is 52.6. The smallest absolute Gasteiger partial charge is 0.330 e. The topological polar surface area (TPSA) is 382 Å². The predicted octanol–water partition coefficient (Wildman–Crippen LogP) is 2.40. The van der Waals surface area contributed by atoms with Crippen molar-refractivity contribution in [2.45, 2.75) is 91.7 Å². The van der Waals surface area contributed by atoms with Crippen LogP contribution in [-0.4, -0.2) is 90.1 Å². The molecule has 24 nitrogen and oxygen atoms in total. The summed E-state index contributed by atoms with van der Waals surface area (Å²) in [5.74, 6) is -1.79. The van der Waals surface area contributed by atoms with Crippen molar-refractivity contribution in [3.05, 3.63) is 95.1 Å². The minimum absolute atomic E-state index is 0.129. The van der Waals surface area contributed by atoms with Gasteiger partial charge in [-0.25, -0.2) is 71.7 Å². The van der Waals surface area contributed by atoms with Gasteiger partial charge < -0.3 is 41.7 Å². The number of phenols is 4. The number of benzene rings is 4. The fraction of sp³-hybridized carbons (Fsp3) is 0.282. The molecule has 8 amide bonds. The van der Waals surface area contributed by atoms with Gasteiger partial charge >= 0.3 is 24.1 Å². The first-order chi connectivity index (χ1) is 30.9. The molecular weight excluding hydrogens is 965 g/mol. The summed E-state index contributed by atoms with van der Waals surface area (Å²) < 4.78 is 112. The Kier molecular flexibility index (Phi) is 16.2. The number of nitrogens with one attached hydrogen (secondary N) is 8.